The van der Waals surface area contributed by atoms with E-state index >= 15 is 4.39 Å². The zero-order valence-corrected chi connectivity index (χ0v) is 20.2. The monoisotopic (exact) mass is 483 g/mol. The van der Waals surface area contributed by atoms with Gasteiger partial charge < -0.3 is 10.4 Å². The molecule has 10 heteroatoms. The van der Waals surface area contributed by atoms with Crippen molar-refractivity contribution >= 4 is 33.0 Å². The first-order valence-electron chi connectivity index (χ1n) is 10.6. The lowest BCUT2D eigenvalue weighted by Crippen LogP contribution is -2.23. The van der Waals surface area contributed by atoms with Crippen molar-refractivity contribution in [3.63, 3.8) is 0 Å². The van der Waals surface area contributed by atoms with Crippen LogP contribution in [0.1, 0.15) is 59.4 Å². The molecule has 1 aromatic carbocycles. The van der Waals surface area contributed by atoms with Gasteiger partial charge in [0.2, 0.25) is 0 Å². The zero-order valence-electron chi connectivity index (χ0n) is 18.5. The highest BCUT2D eigenvalue weighted by Gasteiger charge is 2.33. The van der Waals surface area contributed by atoms with Crippen LogP contribution in [-0.2, 0) is 41.2 Å². The Hall–Kier alpha value is -1.88. The minimum atomic E-state index is -3.63. The minimum absolute atomic E-state index is 0.0326. The Labute approximate surface area is 190 Å². The van der Waals surface area contributed by atoms with E-state index in [1.165, 1.54) is 20.9 Å². The Bertz CT molecular complexity index is 1200. The third-order valence-electron chi connectivity index (χ3n) is 6.15. The van der Waals surface area contributed by atoms with Crippen LogP contribution in [0.3, 0.4) is 0 Å². The minimum Gasteiger partial charge on any atom is -0.386 e. The molecule has 2 aromatic rings. The van der Waals surface area contributed by atoms with E-state index < -0.39 is 27.4 Å². The summed E-state index contributed by atoms with van der Waals surface area (Å²) >= 11 is 0.894. The van der Waals surface area contributed by atoms with E-state index in [9.17, 15) is 18.5 Å². The van der Waals surface area contributed by atoms with Gasteiger partial charge in [0.05, 0.1) is 5.60 Å². The summed E-state index contributed by atoms with van der Waals surface area (Å²) < 4.78 is 49.6. The number of thiophene rings is 1. The quantitative estimate of drug-likeness (QED) is 0.587. The van der Waals surface area contributed by atoms with Gasteiger partial charge in [-0.3, -0.25) is 0 Å². The molecule has 0 bridgehead atoms. The average molecular weight is 484 g/mol. The molecule has 0 fully saturated rings. The molecule has 2 aliphatic carbocycles. The number of rotatable bonds is 4. The van der Waals surface area contributed by atoms with Crippen molar-refractivity contribution in [3.8, 4) is 0 Å². The summed E-state index contributed by atoms with van der Waals surface area (Å²) in [5.74, 6) is -0.992. The summed E-state index contributed by atoms with van der Waals surface area (Å²) in [4.78, 5) is 13.3. The van der Waals surface area contributed by atoms with Gasteiger partial charge >= 0.3 is 6.03 Å². The van der Waals surface area contributed by atoms with Crippen molar-refractivity contribution in [1.82, 2.24) is 4.72 Å². The molecule has 2 amide bonds. The van der Waals surface area contributed by atoms with Crippen molar-refractivity contribution in [2.45, 2.75) is 69.1 Å². The number of fused-ring (bicyclic) bond motifs is 2. The summed E-state index contributed by atoms with van der Waals surface area (Å²) in [6, 6.07) is -0.880. The number of carbonyl (C=O) groups excluding carboxylic acids is 1. The highest BCUT2D eigenvalue weighted by molar-refractivity contribution is 7.94. The maximum Gasteiger partial charge on any atom is 0.354 e. The molecule has 1 unspecified atom stereocenters. The van der Waals surface area contributed by atoms with E-state index in [2.05, 4.69) is 14.4 Å². The van der Waals surface area contributed by atoms with Crippen LogP contribution in [0.15, 0.2) is 8.57 Å². The Morgan fingerprint density at radius 1 is 1.06 bits per heavy atom. The number of amides is 2. The number of aryl methyl sites for hydroxylation is 1. The summed E-state index contributed by atoms with van der Waals surface area (Å²) in [7, 11) is -2.29. The Morgan fingerprint density at radius 3 is 2.06 bits per heavy atom. The molecule has 1 heterocycles. The van der Waals surface area contributed by atoms with E-state index in [1.807, 2.05) is 0 Å². The fraction of sp³-hybridized carbons (Fsp3) is 0.500. The molecule has 6 nitrogen and oxygen atoms in total. The second-order valence-electron chi connectivity index (χ2n) is 8.76. The molecule has 0 saturated carbocycles. The lowest BCUT2D eigenvalue weighted by Gasteiger charge is -2.17. The summed E-state index contributed by atoms with van der Waals surface area (Å²) in [5.41, 5.74) is 1.97. The Balaban J connectivity index is 1.76. The van der Waals surface area contributed by atoms with E-state index in [0.29, 0.717) is 47.4 Å². The number of anilines is 1. The van der Waals surface area contributed by atoms with Crippen molar-refractivity contribution in [1.29, 1.82) is 0 Å². The molecule has 1 atom stereocenters. The third kappa shape index (κ3) is 3.76. The fourth-order valence-electron chi connectivity index (χ4n) is 4.83. The standard InChI is InChI=1S/C22H27F2N3O3S2/c1-11-16(22(2,3)29)18(24)20(31-11)32(30,25-4)27-21(28)26-19-14-9-5-7-12(14)17(23)13-8-6-10-15(13)19/h29H,5-10H2,1-4H3,(H2,25,26,27,28,30). The second-order valence-corrected chi connectivity index (χ2v) is 12.3. The number of nitrogens with one attached hydrogen (secondary N) is 2. The maximum absolute atomic E-state index is 15.2. The number of aliphatic hydroxyl groups is 1. The highest BCUT2D eigenvalue weighted by Crippen LogP contribution is 2.41. The zero-order chi connectivity index (χ0) is 23.4. The van der Waals surface area contributed by atoms with Crippen LogP contribution in [0.25, 0.3) is 0 Å². The van der Waals surface area contributed by atoms with E-state index in [4.69, 9.17) is 0 Å². The predicted octanol–water partition coefficient (Wildman–Crippen LogP) is 4.73. The number of urea groups is 1. The number of benzene rings is 1. The molecular formula is C22H27F2N3O3S2. The number of carbonyl (C=O) groups is 1. The van der Waals surface area contributed by atoms with Gasteiger partial charge in [-0.25, -0.2) is 22.5 Å². The molecule has 4 rings (SSSR count). The molecule has 0 saturated heterocycles. The number of hydrogen-bond acceptors (Lipinski definition) is 4. The van der Waals surface area contributed by atoms with Gasteiger partial charge in [0.15, 0.2) is 19.9 Å². The van der Waals surface area contributed by atoms with E-state index in [1.54, 1.807) is 6.92 Å². The van der Waals surface area contributed by atoms with E-state index in [0.717, 1.165) is 35.3 Å². The Kier molecular flexibility index (Phi) is 5.94. The normalized spacial score (nSPS) is 17.1. The molecule has 2 aliphatic rings. The van der Waals surface area contributed by atoms with Crippen LogP contribution in [0, 0.1) is 18.6 Å². The molecular weight excluding hydrogens is 456 g/mol. The van der Waals surface area contributed by atoms with Gasteiger partial charge in [0.1, 0.15) is 5.82 Å². The molecule has 1 aromatic heterocycles. The molecule has 0 spiro atoms. The first-order chi connectivity index (χ1) is 15.0. The Morgan fingerprint density at radius 2 is 1.59 bits per heavy atom. The summed E-state index contributed by atoms with van der Waals surface area (Å²) in [5, 5.41) is 13.0. The smallest absolute Gasteiger partial charge is 0.354 e. The van der Waals surface area contributed by atoms with Crippen molar-refractivity contribution in [2.75, 3.05) is 12.4 Å². The van der Waals surface area contributed by atoms with Crippen LogP contribution in [0.2, 0.25) is 0 Å². The second kappa shape index (κ2) is 8.16. The topological polar surface area (TPSA) is 90.8 Å². The van der Waals surface area contributed by atoms with Gasteiger partial charge in [0, 0.05) is 16.1 Å². The molecule has 0 radical (unpaired) electrons. The van der Waals surface area contributed by atoms with Crippen LogP contribution >= 0.6 is 11.3 Å². The lowest BCUT2D eigenvalue weighted by molar-refractivity contribution is 0.0742. The van der Waals surface area contributed by atoms with E-state index in [-0.39, 0.29) is 15.6 Å². The van der Waals surface area contributed by atoms with Crippen LogP contribution in [0.5, 0.6) is 0 Å². The number of hydrogen-bond donors (Lipinski definition) is 3. The maximum atomic E-state index is 15.2. The molecule has 174 valence electrons. The van der Waals surface area contributed by atoms with Crippen molar-refractivity contribution in [3.05, 3.63) is 44.3 Å². The lowest BCUT2D eigenvalue weighted by atomic mass is 9.98. The third-order valence-corrected chi connectivity index (χ3v) is 9.61. The SMILES string of the molecule is CNS(=O)(=NC(=O)Nc1c2c(c(F)c3c1CCC3)CCC2)c1sc(C)c(C(C)(C)O)c1F. The molecule has 3 N–H and O–H groups in total. The predicted molar refractivity (Wildman–Crippen MR) is 122 cm³/mol. The first-order valence-corrected chi connectivity index (χ1v) is 12.9. The van der Waals surface area contributed by atoms with Gasteiger partial charge in [-0.2, -0.15) is 0 Å². The van der Waals surface area contributed by atoms with Crippen LogP contribution in [-0.4, -0.2) is 22.4 Å². The fourth-order valence-corrected chi connectivity index (χ4v) is 7.92. The number of halogens is 2. The molecule has 32 heavy (non-hydrogen) atoms. The first kappa shape index (κ1) is 23.3. The van der Waals surface area contributed by atoms with Gasteiger partial charge in [-0.15, -0.1) is 15.7 Å². The van der Waals surface area contributed by atoms with Crippen LogP contribution in [0.4, 0.5) is 19.3 Å². The van der Waals surface area contributed by atoms with Gasteiger partial charge in [-0.1, -0.05) is 0 Å². The van der Waals surface area contributed by atoms with Gasteiger partial charge in [0.25, 0.3) is 0 Å². The van der Waals surface area contributed by atoms with Crippen molar-refractivity contribution < 1.29 is 22.9 Å². The number of nitrogens with zero attached hydrogens (tertiary/aromatic N) is 1. The van der Waals surface area contributed by atoms with Gasteiger partial charge in [-0.05, 0) is 88.6 Å². The van der Waals surface area contributed by atoms with Crippen molar-refractivity contribution in [2.24, 2.45) is 4.36 Å². The summed E-state index contributed by atoms with van der Waals surface area (Å²) in [6.45, 7) is 4.50. The summed E-state index contributed by atoms with van der Waals surface area (Å²) in [6.07, 6.45) is 4.18. The molecule has 0 aliphatic heterocycles. The largest absolute Gasteiger partial charge is 0.386 e. The highest BCUT2D eigenvalue weighted by atomic mass is 32.2. The van der Waals surface area contributed by atoms with Crippen LogP contribution < -0.4 is 10.0 Å². The average Bonchev–Trinajstić information content (AvgIpc) is 3.43.